The van der Waals surface area contributed by atoms with Crippen molar-refractivity contribution in [3.8, 4) is 0 Å². The molecule has 104 valence electrons. The summed E-state index contributed by atoms with van der Waals surface area (Å²) < 4.78 is 0. The Hall–Kier alpha value is -2.04. The SMILES string of the molecule is CC(C)N(C)C(=O)NCC(C(=O)O)c1ccccc1. The quantitative estimate of drug-likeness (QED) is 0.853. The normalized spacial score (nSPS) is 12.0. The maximum absolute atomic E-state index is 11.8. The van der Waals surface area contributed by atoms with Crippen LogP contribution in [0, 0.1) is 0 Å². The Morgan fingerprint density at radius 3 is 2.32 bits per heavy atom. The summed E-state index contributed by atoms with van der Waals surface area (Å²) in [6.07, 6.45) is 0. The van der Waals surface area contributed by atoms with E-state index in [0.717, 1.165) is 0 Å². The lowest BCUT2D eigenvalue weighted by atomic mass is 9.99. The molecule has 0 saturated carbocycles. The first-order valence-electron chi connectivity index (χ1n) is 6.22. The minimum atomic E-state index is -0.946. The van der Waals surface area contributed by atoms with Crippen molar-refractivity contribution in [2.24, 2.45) is 0 Å². The minimum absolute atomic E-state index is 0.0694. The topological polar surface area (TPSA) is 69.6 Å². The Balaban J connectivity index is 2.67. The van der Waals surface area contributed by atoms with E-state index in [4.69, 9.17) is 0 Å². The number of urea groups is 1. The number of benzene rings is 1. The molecule has 1 rings (SSSR count). The predicted octanol–water partition coefficient (Wildman–Crippen LogP) is 1.90. The van der Waals surface area contributed by atoms with E-state index in [9.17, 15) is 14.7 Å². The molecule has 1 aromatic rings. The van der Waals surface area contributed by atoms with Crippen LogP contribution in [0.3, 0.4) is 0 Å². The molecule has 0 aliphatic carbocycles. The highest BCUT2D eigenvalue weighted by Gasteiger charge is 2.21. The highest BCUT2D eigenvalue weighted by molar-refractivity contribution is 5.79. The number of aliphatic carboxylic acids is 1. The van der Waals surface area contributed by atoms with Crippen LogP contribution in [0.25, 0.3) is 0 Å². The zero-order valence-electron chi connectivity index (χ0n) is 11.5. The van der Waals surface area contributed by atoms with Gasteiger partial charge < -0.3 is 15.3 Å². The van der Waals surface area contributed by atoms with Gasteiger partial charge >= 0.3 is 12.0 Å². The van der Waals surface area contributed by atoms with Gasteiger partial charge in [0.25, 0.3) is 0 Å². The lowest BCUT2D eigenvalue weighted by molar-refractivity contribution is -0.138. The van der Waals surface area contributed by atoms with Crippen LogP contribution in [-0.4, -0.2) is 41.6 Å². The highest BCUT2D eigenvalue weighted by atomic mass is 16.4. The fourth-order valence-corrected chi connectivity index (χ4v) is 1.58. The maximum atomic E-state index is 11.8. The molecule has 1 atom stereocenters. The van der Waals surface area contributed by atoms with E-state index >= 15 is 0 Å². The molecular weight excluding hydrogens is 244 g/mol. The number of amides is 2. The molecule has 0 fully saturated rings. The number of rotatable bonds is 5. The van der Waals surface area contributed by atoms with Gasteiger partial charge in [0.2, 0.25) is 0 Å². The number of carbonyl (C=O) groups is 2. The molecular formula is C14H20N2O3. The van der Waals surface area contributed by atoms with Gasteiger partial charge in [0.05, 0.1) is 5.92 Å². The van der Waals surface area contributed by atoms with Gasteiger partial charge in [0.1, 0.15) is 0 Å². The third kappa shape index (κ3) is 4.28. The number of hydrogen-bond acceptors (Lipinski definition) is 2. The first-order chi connectivity index (χ1) is 8.93. The molecule has 0 aliphatic heterocycles. The fraction of sp³-hybridized carbons (Fsp3) is 0.429. The van der Waals surface area contributed by atoms with Crippen LogP contribution < -0.4 is 5.32 Å². The number of carboxylic acids is 1. The summed E-state index contributed by atoms with van der Waals surface area (Å²) in [5.41, 5.74) is 0.683. The molecule has 0 radical (unpaired) electrons. The number of nitrogens with one attached hydrogen (secondary N) is 1. The van der Waals surface area contributed by atoms with Crippen LogP contribution in [0.4, 0.5) is 4.79 Å². The van der Waals surface area contributed by atoms with Crippen LogP contribution in [0.1, 0.15) is 25.3 Å². The maximum Gasteiger partial charge on any atom is 0.317 e. The van der Waals surface area contributed by atoms with Crippen molar-refractivity contribution in [3.05, 3.63) is 35.9 Å². The van der Waals surface area contributed by atoms with E-state index in [1.54, 1.807) is 31.3 Å². The molecule has 0 saturated heterocycles. The van der Waals surface area contributed by atoms with Gasteiger partial charge in [-0.2, -0.15) is 0 Å². The standard InChI is InChI=1S/C14H20N2O3/c1-10(2)16(3)14(19)15-9-12(13(17)18)11-7-5-4-6-8-11/h4-8,10,12H,9H2,1-3H3,(H,15,19)(H,17,18). The summed E-state index contributed by atoms with van der Waals surface area (Å²) >= 11 is 0. The Labute approximate surface area is 113 Å². The smallest absolute Gasteiger partial charge is 0.317 e. The van der Waals surface area contributed by atoms with Gasteiger partial charge in [-0.1, -0.05) is 30.3 Å². The number of carboxylic acid groups (broad SMARTS) is 1. The lowest BCUT2D eigenvalue weighted by Gasteiger charge is -2.23. The van der Waals surface area contributed by atoms with Crippen LogP contribution in [-0.2, 0) is 4.79 Å². The molecule has 1 unspecified atom stereocenters. The van der Waals surface area contributed by atoms with Crippen molar-refractivity contribution in [1.82, 2.24) is 10.2 Å². The molecule has 19 heavy (non-hydrogen) atoms. The fourth-order valence-electron chi connectivity index (χ4n) is 1.58. The van der Waals surface area contributed by atoms with Crippen molar-refractivity contribution in [2.45, 2.75) is 25.8 Å². The minimum Gasteiger partial charge on any atom is -0.481 e. The molecule has 0 aliphatic rings. The summed E-state index contributed by atoms with van der Waals surface area (Å²) in [5.74, 6) is -1.68. The first kappa shape index (κ1) is 15.0. The summed E-state index contributed by atoms with van der Waals surface area (Å²) in [7, 11) is 1.68. The summed E-state index contributed by atoms with van der Waals surface area (Å²) in [4.78, 5) is 24.5. The summed E-state index contributed by atoms with van der Waals surface area (Å²) in [6.45, 7) is 3.87. The Morgan fingerprint density at radius 2 is 1.84 bits per heavy atom. The summed E-state index contributed by atoms with van der Waals surface area (Å²) in [5, 5.41) is 11.9. The second kappa shape index (κ2) is 6.78. The molecule has 5 nitrogen and oxygen atoms in total. The van der Waals surface area contributed by atoms with Gasteiger partial charge in [-0.3, -0.25) is 4.79 Å². The second-order valence-corrected chi connectivity index (χ2v) is 4.69. The Kier molecular flexibility index (Phi) is 5.36. The Bertz CT molecular complexity index is 432. The average Bonchev–Trinajstić information content (AvgIpc) is 2.38. The molecule has 2 amide bonds. The van der Waals surface area contributed by atoms with Crippen molar-refractivity contribution >= 4 is 12.0 Å². The molecule has 5 heteroatoms. The van der Waals surface area contributed by atoms with Gasteiger partial charge in [0, 0.05) is 19.6 Å². The van der Waals surface area contributed by atoms with E-state index in [-0.39, 0.29) is 18.6 Å². The van der Waals surface area contributed by atoms with E-state index in [1.165, 1.54) is 4.90 Å². The van der Waals surface area contributed by atoms with Crippen LogP contribution in [0.2, 0.25) is 0 Å². The van der Waals surface area contributed by atoms with E-state index in [2.05, 4.69) is 5.32 Å². The van der Waals surface area contributed by atoms with Crippen LogP contribution >= 0.6 is 0 Å². The molecule has 0 spiro atoms. The highest BCUT2D eigenvalue weighted by Crippen LogP contribution is 2.14. The number of hydrogen-bond donors (Lipinski definition) is 2. The monoisotopic (exact) mass is 264 g/mol. The first-order valence-corrected chi connectivity index (χ1v) is 6.22. The average molecular weight is 264 g/mol. The zero-order valence-corrected chi connectivity index (χ0v) is 11.5. The third-order valence-corrected chi connectivity index (χ3v) is 3.05. The third-order valence-electron chi connectivity index (χ3n) is 3.05. The molecule has 1 aromatic carbocycles. The lowest BCUT2D eigenvalue weighted by Crippen LogP contribution is -2.43. The van der Waals surface area contributed by atoms with Gasteiger partial charge in [-0.25, -0.2) is 4.79 Å². The molecule has 2 N–H and O–H groups in total. The molecule has 0 heterocycles. The van der Waals surface area contributed by atoms with E-state index < -0.39 is 11.9 Å². The van der Waals surface area contributed by atoms with Crippen molar-refractivity contribution in [1.29, 1.82) is 0 Å². The van der Waals surface area contributed by atoms with Crippen molar-refractivity contribution < 1.29 is 14.7 Å². The predicted molar refractivity (Wildman–Crippen MR) is 73.1 cm³/mol. The largest absolute Gasteiger partial charge is 0.481 e. The summed E-state index contributed by atoms with van der Waals surface area (Å²) in [6, 6.07) is 8.69. The van der Waals surface area contributed by atoms with Crippen molar-refractivity contribution in [2.75, 3.05) is 13.6 Å². The van der Waals surface area contributed by atoms with E-state index in [0.29, 0.717) is 5.56 Å². The van der Waals surface area contributed by atoms with Gasteiger partial charge in [0.15, 0.2) is 0 Å². The number of carbonyl (C=O) groups excluding carboxylic acids is 1. The Morgan fingerprint density at radius 1 is 1.26 bits per heavy atom. The molecule has 0 bridgehead atoms. The van der Waals surface area contributed by atoms with Crippen molar-refractivity contribution in [3.63, 3.8) is 0 Å². The number of nitrogens with zero attached hydrogens (tertiary/aromatic N) is 1. The zero-order chi connectivity index (χ0) is 14.4. The van der Waals surface area contributed by atoms with Crippen LogP contribution in [0.5, 0.6) is 0 Å². The van der Waals surface area contributed by atoms with E-state index in [1.807, 2.05) is 19.9 Å². The second-order valence-electron chi connectivity index (χ2n) is 4.69. The van der Waals surface area contributed by atoms with Gasteiger partial charge in [-0.15, -0.1) is 0 Å². The molecule has 0 aromatic heterocycles. The van der Waals surface area contributed by atoms with Crippen LogP contribution in [0.15, 0.2) is 30.3 Å². The van der Waals surface area contributed by atoms with Gasteiger partial charge in [-0.05, 0) is 19.4 Å².